The predicted molar refractivity (Wildman–Crippen MR) is 59.7 cm³/mol. The van der Waals surface area contributed by atoms with Gasteiger partial charge in [0.15, 0.2) is 0 Å². The van der Waals surface area contributed by atoms with Crippen molar-refractivity contribution < 1.29 is 14.4 Å². The second kappa shape index (κ2) is 5.44. The number of aromatic nitrogens is 1. The van der Waals surface area contributed by atoms with E-state index in [0.717, 1.165) is 0 Å². The molecule has 0 spiro atoms. The minimum Gasteiger partial charge on any atom is -0.480 e. The highest BCUT2D eigenvalue weighted by Crippen LogP contribution is 2.08. The summed E-state index contributed by atoms with van der Waals surface area (Å²) in [6, 6.07) is 0.995. The van der Waals surface area contributed by atoms with E-state index in [0.29, 0.717) is 17.9 Å². The molecule has 16 heavy (non-hydrogen) atoms. The van der Waals surface area contributed by atoms with Gasteiger partial charge in [0.25, 0.3) is 0 Å². The van der Waals surface area contributed by atoms with Crippen LogP contribution >= 0.6 is 0 Å². The summed E-state index contributed by atoms with van der Waals surface area (Å²) >= 11 is 0. The summed E-state index contributed by atoms with van der Waals surface area (Å²) in [5.74, 6) is 0.0552. The number of aliphatic imine (C=N–C) groups is 1. The van der Waals surface area contributed by atoms with Crippen LogP contribution in [0.15, 0.2) is 15.6 Å². The van der Waals surface area contributed by atoms with Crippen molar-refractivity contribution in [1.29, 1.82) is 0 Å². The molecule has 5 nitrogen and oxygen atoms in total. The standard InChI is InChI=1S/C11H16N2O3/c1-7(2)4-10(11(14)15)12-6-9-5-8(3)16-13-9/h5-7,10H,4H2,1-3H3,(H,14,15)/b12-6+. The first-order valence-corrected chi connectivity index (χ1v) is 5.18. The van der Waals surface area contributed by atoms with E-state index < -0.39 is 12.0 Å². The van der Waals surface area contributed by atoms with Crippen molar-refractivity contribution in [3.05, 3.63) is 17.5 Å². The molecule has 0 aliphatic rings. The Morgan fingerprint density at radius 1 is 1.69 bits per heavy atom. The SMILES string of the molecule is Cc1cc(/C=N/C(CC(C)C)C(=O)O)no1. The van der Waals surface area contributed by atoms with Crippen molar-refractivity contribution in [2.24, 2.45) is 10.9 Å². The van der Waals surface area contributed by atoms with E-state index in [4.69, 9.17) is 9.63 Å². The highest BCUT2D eigenvalue weighted by atomic mass is 16.5. The Bertz CT molecular complexity index is 382. The molecule has 0 aliphatic carbocycles. The molecule has 0 bridgehead atoms. The molecular weight excluding hydrogens is 208 g/mol. The minimum atomic E-state index is -0.912. The molecule has 1 N–H and O–H groups in total. The first kappa shape index (κ1) is 12.4. The van der Waals surface area contributed by atoms with Crippen molar-refractivity contribution >= 4 is 12.2 Å². The lowest BCUT2D eigenvalue weighted by Gasteiger charge is -2.08. The number of carboxylic acids is 1. The van der Waals surface area contributed by atoms with Gasteiger partial charge < -0.3 is 9.63 Å². The van der Waals surface area contributed by atoms with Gasteiger partial charge in [-0.05, 0) is 19.3 Å². The van der Waals surface area contributed by atoms with Crippen molar-refractivity contribution in [1.82, 2.24) is 5.16 Å². The van der Waals surface area contributed by atoms with Gasteiger partial charge in [0.2, 0.25) is 0 Å². The molecule has 0 fully saturated rings. The van der Waals surface area contributed by atoms with Crippen LogP contribution in [0.4, 0.5) is 0 Å². The van der Waals surface area contributed by atoms with Gasteiger partial charge in [-0.1, -0.05) is 19.0 Å². The topological polar surface area (TPSA) is 75.7 Å². The third-order valence-electron chi connectivity index (χ3n) is 2.01. The molecule has 1 rings (SSSR count). The molecule has 1 atom stereocenters. The van der Waals surface area contributed by atoms with Crippen LogP contribution in [-0.4, -0.2) is 28.5 Å². The number of aryl methyl sites for hydroxylation is 1. The second-order valence-electron chi connectivity index (χ2n) is 4.12. The number of hydrogen-bond donors (Lipinski definition) is 1. The summed E-state index contributed by atoms with van der Waals surface area (Å²) in [5, 5.41) is 12.7. The zero-order valence-electron chi connectivity index (χ0n) is 9.67. The van der Waals surface area contributed by atoms with Gasteiger partial charge in [-0.2, -0.15) is 0 Å². The number of carboxylic acid groups (broad SMARTS) is 1. The molecule has 1 unspecified atom stereocenters. The van der Waals surface area contributed by atoms with Crippen LogP contribution in [-0.2, 0) is 4.79 Å². The van der Waals surface area contributed by atoms with Gasteiger partial charge in [0.1, 0.15) is 17.5 Å². The van der Waals surface area contributed by atoms with Gasteiger partial charge in [0.05, 0.1) is 6.21 Å². The van der Waals surface area contributed by atoms with Crippen LogP contribution in [0.2, 0.25) is 0 Å². The molecule has 0 aromatic carbocycles. The number of aliphatic carboxylic acids is 1. The number of rotatable bonds is 5. The average molecular weight is 224 g/mol. The molecule has 0 saturated carbocycles. The number of carbonyl (C=O) groups is 1. The molecule has 1 aromatic rings. The lowest BCUT2D eigenvalue weighted by molar-refractivity contribution is -0.138. The Morgan fingerprint density at radius 2 is 2.38 bits per heavy atom. The van der Waals surface area contributed by atoms with Crippen LogP contribution in [0.5, 0.6) is 0 Å². The normalized spacial score (nSPS) is 13.5. The Labute approximate surface area is 94.2 Å². The lowest BCUT2D eigenvalue weighted by atomic mass is 10.0. The van der Waals surface area contributed by atoms with Crippen LogP contribution < -0.4 is 0 Å². The quantitative estimate of drug-likeness (QED) is 0.775. The molecule has 5 heteroatoms. The van der Waals surface area contributed by atoms with Crippen LogP contribution in [0.3, 0.4) is 0 Å². The monoisotopic (exact) mass is 224 g/mol. The van der Waals surface area contributed by atoms with Crippen LogP contribution in [0, 0.1) is 12.8 Å². The highest BCUT2D eigenvalue weighted by molar-refractivity contribution is 5.81. The van der Waals surface area contributed by atoms with Crippen LogP contribution in [0.1, 0.15) is 31.7 Å². The summed E-state index contributed by atoms with van der Waals surface area (Å²) in [6.45, 7) is 5.70. The van der Waals surface area contributed by atoms with E-state index >= 15 is 0 Å². The van der Waals surface area contributed by atoms with Gasteiger partial charge >= 0.3 is 5.97 Å². The summed E-state index contributed by atoms with van der Waals surface area (Å²) < 4.78 is 4.85. The summed E-state index contributed by atoms with van der Waals surface area (Å²) in [7, 11) is 0. The molecule has 88 valence electrons. The van der Waals surface area contributed by atoms with Gasteiger partial charge in [0, 0.05) is 6.07 Å². The van der Waals surface area contributed by atoms with E-state index in [1.807, 2.05) is 13.8 Å². The van der Waals surface area contributed by atoms with E-state index in [1.54, 1.807) is 13.0 Å². The first-order chi connectivity index (χ1) is 7.49. The molecule has 0 radical (unpaired) electrons. The fraction of sp³-hybridized carbons (Fsp3) is 0.545. The van der Waals surface area contributed by atoms with Crippen molar-refractivity contribution in [2.45, 2.75) is 33.2 Å². The smallest absolute Gasteiger partial charge is 0.328 e. The third kappa shape index (κ3) is 3.84. The molecule has 1 heterocycles. The second-order valence-corrected chi connectivity index (χ2v) is 4.12. The Morgan fingerprint density at radius 3 is 2.81 bits per heavy atom. The maximum Gasteiger partial charge on any atom is 0.328 e. The third-order valence-corrected chi connectivity index (χ3v) is 2.01. The van der Waals surface area contributed by atoms with E-state index in [-0.39, 0.29) is 5.92 Å². The maximum absolute atomic E-state index is 10.9. The molecule has 0 aliphatic heterocycles. The van der Waals surface area contributed by atoms with Crippen molar-refractivity contribution in [3.63, 3.8) is 0 Å². The van der Waals surface area contributed by atoms with E-state index in [1.165, 1.54) is 6.21 Å². The first-order valence-electron chi connectivity index (χ1n) is 5.18. The fourth-order valence-corrected chi connectivity index (χ4v) is 1.28. The average Bonchev–Trinajstić information content (AvgIpc) is 2.58. The zero-order chi connectivity index (χ0) is 12.1. The largest absolute Gasteiger partial charge is 0.480 e. The molecule has 0 saturated heterocycles. The van der Waals surface area contributed by atoms with Gasteiger partial charge in [-0.15, -0.1) is 0 Å². The molecule has 0 amide bonds. The van der Waals surface area contributed by atoms with Crippen LogP contribution in [0.25, 0.3) is 0 Å². The number of hydrogen-bond acceptors (Lipinski definition) is 4. The van der Waals surface area contributed by atoms with E-state index in [9.17, 15) is 4.79 Å². The maximum atomic E-state index is 10.9. The number of nitrogens with zero attached hydrogens (tertiary/aromatic N) is 2. The van der Waals surface area contributed by atoms with Crippen molar-refractivity contribution in [2.75, 3.05) is 0 Å². The van der Waals surface area contributed by atoms with Crippen molar-refractivity contribution in [3.8, 4) is 0 Å². The summed E-state index contributed by atoms with van der Waals surface area (Å²) in [6.07, 6.45) is 1.96. The Balaban J connectivity index is 2.67. The molecule has 1 aromatic heterocycles. The molecular formula is C11H16N2O3. The van der Waals surface area contributed by atoms with Gasteiger partial charge in [-0.25, -0.2) is 4.79 Å². The predicted octanol–water partition coefficient (Wildman–Crippen LogP) is 1.90. The Hall–Kier alpha value is -1.65. The zero-order valence-corrected chi connectivity index (χ0v) is 9.67. The highest BCUT2D eigenvalue weighted by Gasteiger charge is 2.16. The lowest BCUT2D eigenvalue weighted by Crippen LogP contribution is -2.20. The Kier molecular flexibility index (Phi) is 4.22. The summed E-state index contributed by atoms with van der Waals surface area (Å²) in [5.41, 5.74) is 0.549. The fourth-order valence-electron chi connectivity index (χ4n) is 1.28. The minimum absolute atomic E-state index is 0.289. The van der Waals surface area contributed by atoms with Gasteiger partial charge in [-0.3, -0.25) is 4.99 Å². The van der Waals surface area contributed by atoms with E-state index in [2.05, 4.69) is 10.1 Å². The summed E-state index contributed by atoms with van der Waals surface area (Å²) in [4.78, 5) is 14.9.